The number of piperidine rings is 1. The van der Waals surface area contributed by atoms with Crippen LogP contribution in [0.2, 0.25) is 0 Å². The number of hydrogen-bond donors (Lipinski definition) is 2. The van der Waals surface area contributed by atoms with Crippen LogP contribution < -0.4 is 20.1 Å². The molecule has 160 valence electrons. The number of aliphatic imine (C=N–C) groups is 1. The van der Waals surface area contributed by atoms with Gasteiger partial charge in [-0.2, -0.15) is 0 Å². The van der Waals surface area contributed by atoms with Crippen LogP contribution in [0.15, 0.2) is 21.6 Å². The lowest BCUT2D eigenvalue weighted by atomic mass is 9.98. The minimum Gasteiger partial charge on any atom is -0.493 e. The SMILES string of the molecule is CN=C(NCc1cc(Br)c(OC)c(OC)c1)NCC(C)(C)N1CCCCC1.I. The number of nitrogens with zero attached hydrogens (tertiary/aromatic N) is 2. The molecule has 2 rings (SSSR count). The number of methoxy groups -OCH3 is 2. The second kappa shape index (κ2) is 12.1. The molecule has 0 bridgehead atoms. The number of guanidine groups is 1. The Labute approximate surface area is 195 Å². The molecule has 2 N–H and O–H groups in total. The third-order valence-electron chi connectivity index (χ3n) is 5.08. The van der Waals surface area contributed by atoms with Gasteiger partial charge in [0.25, 0.3) is 0 Å². The van der Waals surface area contributed by atoms with E-state index in [1.807, 2.05) is 12.1 Å². The summed E-state index contributed by atoms with van der Waals surface area (Å²) in [6, 6.07) is 4.00. The maximum atomic E-state index is 5.42. The van der Waals surface area contributed by atoms with Gasteiger partial charge in [0, 0.05) is 25.7 Å². The fraction of sp³-hybridized carbons (Fsp3) is 0.650. The highest BCUT2D eigenvalue weighted by Gasteiger charge is 2.27. The third kappa shape index (κ3) is 6.95. The van der Waals surface area contributed by atoms with Crippen molar-refractivity contribution in [3.8, 4) is 11.5 Å². The first kappa shape index (κ1) is 25.3. The Bertz CT molecular complexity index is 649. The van der Waals surface area contributed by atoms with E-state index < -0.39 is 0 Å². The van der Waals surface area contributed by atoms with Crippen molar-refractivity contribution in [2.24, 2.45) is 4.99 Å². The van der Waals surface area contributed by atoms with E-state index in [1.165, 1.54) is 32.4 Å². The van der Waals surface area contributed by atoms with Crippen LogP contribution in [0.5, 0.6) is 11.5 Å². The van der Waals surface area contributed by atoms with Crippen molar-refractivity contribution in [1.82, 2.24) is 15.5 Å². The van der Waals surface area contributed by atoms with Crippen LogP contribution in [0.25, 0.3) is 0 Å². The minimum absolute atomic E-state index is 0. The van der Waals surface area contributed by atoms with Gasteiger partial charge in [-0.25, -0.2) is 0 Å². The van der Waals surface area contributed by atoms with Gasteiger partial charge in [-0.3, -0.25) is 9.89 Å². The summed E-state index contributed by atoms with van der Waals surface area (Å²) in [6.07, 6.45) is 3.94. The molecule has 6 nitrogen and oxygen atoms in total. The summed E-state index contributed by atoms with van der Waals surface area (Å²) >= 11 is 3.54. The van der Waals surface area contributed by atoms with Crippen LogP contribution in [-0.2, 0) is 6.54 Å². The molecular weight excluding hydrogens is 535 g/mol. The summed E-state index contributed by atoms with van der Waals surface area (Å²) < 4.78 is 11.7. The third-order valence-corrected chi connectivity index (χ3v) is 5.67. The van der Waals surface area contributed by atoms with E-state index >= 15 is 0 Å². The number of hydrogen-bond acceptors (Lipinski definition) is 4. The van der Waals surface area contributed by atoms with Gasteiger partial charge in [0.2, 0.25) is 0 Å². The minimum atomic E-state index is 0. The van der Waals surface area contributed by atoms with Crippen molar-refractivity contribution >= 4 is 45.9 Å². The van der Waals surface area contributed by atoms with Gasteiger partial charge in [-0.05, 0) is 73.4 Å². The molecule has 1 aliphatic heterocycles. The molecule has 8 heteroatoms. The van der Waals surface area contributed by atoms with Crippen molar-refractivity contribution in [2.75, 3.05) is 40.9 Å². The Balaban J connectivity index is 0.00000392. The Kier molecular flexibility index (Phi) is 10.9. The van der Waals surface area contributed by atoms with Gasteiger partial charge in [0.1, 0.15) is 0 Å². The molecule has 0 spiro atoms. The topological polar surface area (TPSA) is 58.1 Å². The highest BCUT2D eigenvalue weighted by Crippen LogP contribution is 2.36. The van der Waals surface area contributed by atoms with Crippen LogP contribution in [0.4, 0.5) is 0 Å². The Morgan fingerprint density at radius 1 is 1.14 bits per heavy atom. The molecule has 1 aliphatic rings. The van der Waals surface area contributed by atoms with Gasteiger partial charge >= 0.3 is 0 Å². The molecule has 0 aromatic heterocycles. The van der Waals surface area contributed by atoms with Crippen LogP contribution >= 0.6 is 39.9 Å². The van der Waals surface area contributed by atoms with Crippen molar-refractivity contribution < 1.29 is 9.47 Å². The van der Waals surface area contributed by atoms with Gasteiger partial charge < -0.3 is 20.1 Å². The lowest BCUT2D eigenvalue weighted by Gasteiger charge is -2.41. The lowest BCUT2D eigenvalue weighted by molar-refractivity contribution is 0.0982. The average molecular weight is 569 g/mol. The highest BCUT2D eigenvalue weighted by molar-refractivity contribution is 14.0. The van der Waals surface area contributed by atoms with Gasteiger partial charge in [-0.15, -0.1) is 24.0 Å². The maximum Gasteiger partial charge on any atom is 0.191 e. The Morgan fingerprint density at radius 2 is 1.82 bits per heavy atom. The molecule has 0 radical (unpaired) electrons. The van der Waals surface area contributed by atoms with Crippen LogP contribution in [0.1, 0.15) is 38.7 Å². The number of likely N-dealkylation sites (tertiary alicyclic amines) is 1. The molecule has 1 aromatic carbocycles. The fourth-order valence-corrected chi connectivity index (χ4v) is 4.04. The molecule has 1 fully saturated rings. The zero-order valence-corrected chi connectivity index (χ0v) is 21.5. The monoisotopic (exact) mass is 568 g/mol. The van der Waals surface area contributed by atoms with Crippen LogP contribution in [-0.4, -0.2) is 57.3 Å². The van der Waals surface area contributed by atoms with Crippen molar-refractivity contribution in [3.05, 3.63) is 22.2 Å². The van der Waals surface area contributed by atoms with Crippen molar-refractivity contribution in [2.45, 2.75) is 45.2 Å². The van der Waals surface area contributed by atoms with Gasteiger partial charge in [-0.1, -0.05) is 6.42 Å². The standard InChI is InChI=1S/C20H33BrN4O2.HI/c1-20(2,25-9-7-6-8-10-25)14-24-19(22-3)23-13-15-11-16(21)18(27-5)17(12-15)26-4;/h11-12H,6-10,13-14H2,1-5H3,(H2,22,23,24);1H. The number of benzene rings is 1. The lowest BCUT2D eigenvalue weighted by Crippen LogP contribution is -2.54. The second-order valence-corrected chi connectivity index (χ2v) is 8.31. The van der Waals surface area contributed by atoms with Gasteiger partial charge in [0.05, 0.1) is 18.7 Å². The molecule has 1 aromatic rings. The molecule has 1 heterocycles. The first-order chi connectivity index (χ1) is 12.9. The predicted octanol–water partition coefficient (Wildman–Crippen LogP) is 4.01. The molecule has 0 unspecified atom stereocenters. The summed E-state index contributed by atoms with van der Waals surface area (Å²) in [5.41, 5.74) is 1.18. The Morgan fingerprint density at radius 3 is 2.39 bits per heavy atom. The summed E-state index contributed by atoms with van der Waals surface area (Å²) in [6.45, 7) is 8.44. The number of ether oxygens (including phenoxy) is 2. The van der Waals surface area contributed by atoms with Crippen molar-refractivity contribution in [1.29, 1.82) is 0 Å². The summed E-state index contributed by atoms with van der Waals surface area (Å²) in [5.74, 6) is 2.20. The van der Waals surface area contributed by atoms with E-state index in [0.29, 0.717) is 18.0 Å². The van der Waals surface area contributed by atoms with Crippen LogP contribution in [0, 0.1) is 0 Å². The average Bonchev–Trinajstić information content (AvgIpc) is 2.68. The number of nitrogens with one attached hydrogen (secondary N) is 2. The molecule has 1 saturated heterocycles. The Hall–Kier alpha value is -0.740. The first-order valence-corrected chi connectivity index (χ1v) is 10.3. The summed E-state index contributed by atoms with van der Waals surface area (Å²) in [4.78, 5) is 6.93. The van der Waals surface area contributed by atoms with E-state index in [-0.39, 0.29) is 29.5 Å². The van der Waals surface area contributed by atoms with Gasteiger partial charge in [0.15, 0.2) is 17.5 Å². The van der Waals surface area contributed by atoms with E-state index in [9.17, 15) is 0 Å². The molecule has 0 atom stereocenters. The summed E-state index contributed by atoms with van der Waals surface area (Å²) in [5, 5.41) is 6.85. The first-order valence-electron chi connectivity index (χ1n) is 9.51. The largest absolute Gasteiger partial charge is 0.493 e. The predicted molar refractivity (Wildman–Crippen MR) is 130 cm³/mol. The van der Waals surface area contributed by atoms with Crippen molar-refractivity contribution in [3.63, 3.8) is 0 Å². The molecule has 0 amide bonds. The smallest absolute Gasteiger partial charge is 0.191 e. The maximum absolute atomic E-state index is 5.42. The van der Waals surface area contributed by atoms with E-state index in [4.69, 9.17) is 9.47 Å². The molecule has 0 aliphatic carbocycles. The highest BCUT2D eigenvalue weighted by atomic mass is 127. The fourth-order valence-electron chi connectivity index (χ4n) is 3.39. The second-order valence-electron chi connectivity index (χ2n) is 7.45. The zero-order valence-electron chi connectivity index (χ0n) is 17.6. The van der Waals surface area contributed by atoms with E-state index in [1.54, 1.807) is 21.3 Å². The van der Waals surface area contributed by atoms with E-state index in [0.717, 1.165) is 22.5 Å². The van der Waals surface area contributed by atoms with E-state index in [2.05, 4.69) is 50.3 Å². The number of halogens is 2. The normalized spacial score (nSPS) is 15.6. The molecule has 28 heavy (non-hydrogen) atoms. The molecule has 0 saturated carbocycles. The zero-order chi connectivity index (χ0) is 19.9. The number of rotatable bonds is 7. The van der Waals surface area contributed by atoms with Crippen LogP contribution in [0.3, 0.4) is 0 Å². The summed E-state index contributed by atoms with van der Waals surface area (Å²) in [7, 11) is 5.08. The quantitative estimate of drug-likeness (QED) is 0.296. The molecular formula is C20H34BrIN4O2.